The Hall–Kier alpha value is -1.66. The van der Waals surface area contributed by atoms with E-state index in [4.69, 9.17) is 9.84 Å². The molecule has 1 aliphatic rings. The van der Waals surface area contributed by atoms with Gasteiger partial charge in [-0.3, -0.25) is 0 Å². The van der Waals surface area contributed by atoms with Crippen LogP contribution in [0.4, 0.5) is 0 Å². The quantitative estimate of drug-likeness (QED) is 0.258. The molecule has 8 heteroatoms. The Bertz CT molecular complexity index is 1240. The lowest BCUT2D eigenvalue weighted by Gasteiger charge is -2.23. The molecule has 1 fully saturated rings. The lowest BCUT2D eigenvalue weighted by molar-refractivity contribution is -0.0365. The average Bonchev–Trinajstić information content (AvgIpc) is 3.33. The number of aromatic nitrogens is 4. The van der Waals surface area contributed by atoms with Gasteiger partial charge in [0.2, 0.25) is 0 Å². The van der Waals surface area contributed by atoms with Crippen molar-refractivity contribution in [3.05, 3.63) is 49.4 Å². The van der Waals surface area contributed by atoms with Crippen LogP contribution in [0.5, 0.6) is 5.75 Å². The SMILES string of the molecule is CCc1cc(O)ccc1-c1ccc2c(-c3nc(I)c(I)[nH]3)nn(C3CCCCO3)c2c1. The molecule has 0 amide bonds. The Labute approximate surface area is 207 Å². The molecule has 4 aromatic rings. The topological polar surface area (TPSA) is 76.0 Å². The number of H-pyrrole nitrogens is 1. The molecule has 2 aromatic heterocycles. The molecule has 5 rings (SSSR count). The van der Waals surface area contributed by atoms with Crippen molar-refractivity contribution in [2.75, 3.05) is 6.61 Å². The molecule has 6 nitrogen and oxygen atoms in total. The number of benzene rings is 2. The number of phenols is 1. The second kappa shape index (κ2) is 8.70. The summed E-state index contributed by atoms with van der Waals surface area (Å²) in [6.45, 7) is 2.87. The number of aromatic amines is 1. The van der Waals surface area contributed by atoms with Crippen molar-refractivity contribution < 1.29 is 9.84 Å². The van der Waals surface area contributed by atoms with Crippen LogP contribution in [0.25, 0.3) is 33.5 Å². The predicted octanol–water partition coefficient (Wildman–Crippen LogP) is 6.27. The highest BCUT2D eigenvalue weighted by Gasteiger charge is 2.24. The number of halogens is 2. The third-order valence-electron chi connectivity index (χ3n) is 5.76. The second-order valence-electron chi connectivity index (χ2n) is 7.73. The van der Waals surface area contributed by atoms with Crippen LogP contribution in [0.3, 0.4) is 0 Å². The minimum atomic E-state index is -0.0705. The van der Waals surface area contributed by atoms with Crippen molar-refractivity contribution in [3.63, 3.8) is 0 Å². The minimum Gasteiger partial charge on any atom is -0.508 e. The third-order valence-corrected chi connectivity index (χ3v) is 8.35. The van der Waals surface area contributed by atoms with Gasteiger partial charge < -0.3 is 14.8 Å². The lowest BCUT2D eigenvalue weighted by Crippen LogP contribution is -2.19. The highest BCUT2D eigenvalue weighted by atomic mass is 127. The summed E-state index contributed by atoms with van der Waals surface area (Å²) in [5, 5.41) is 15.9. The fourth-order valence-electron chi connectivity index (χ4n) is 4.21. The summed E-state index contributed by atoms with van der Waals surface area (Å²) < 4.78 is 10.1. The average molecular weight is 640 g/mol. The number of hydrogen-bond acceptors (Lipinski definition) is 4. The number of imidazole rings is 1. The zero-order valence-electron chi connectivity index (χ0n) is 17.0. The highest BCUT2D eigenvalue weighted by Crippen LogP contribution is 2.36. The molecule has 1 atom stereocenters. The number of fused-ring (bicyclic) bond motifs is 1. The number of aryl methyl sites for hydroxylation is 1. The third kappa shape index (κ3) is 3.97. The summed E-state index contributed by atoms with van der Waals surface area (Å²) in [5.41, 5.74) is 5.24. The summed E-state index contributed by atoms with van der Waals surface area (Å²) in [6, 6.07) is 12.0. The van der Waals surface area contributed by atoms with Gasteiger partial charge in [0.1, 0.15) is 18.8 Å². The van der Waals surface area contributed by atoms with E-state index in [0.717, 1.165) is 78.8 Å². The van der Waals surface area contributed by atoms with Gasteiger partial charge >= 0.3 is 0 Å². The maximum atomic E-state index is 9.91. The fourth-order valence-corrected chi connectivity index (χ4v) is 4.96. The first-order chi connectivity index (χ1) is 15.0. The van der Waals surface area contributed by atoms with Gasteiger partial charge in [0.25, 0.3) is 0 Å². The van der Waals surface area contributed by atoms with Crippen molar-refractivity contribution in [1.29, 1.82) is 0 Å². The van der Waals surface area contributed by atoms with Crippen LogP contribution in [-0.2, 0) is 11.2 Å². The van der Waals surface area contributed by atoms with Gasteiger partial charge in [-0.25, -0.2) is 9.67 Å². The van der Waals surface area contributed by atoms with E-state index in [1.54, 1.807) is 6.07 Å². The van der Waals surface area contributed by atoms with E-state index in [2.05, 4.69) is 80.3 Å². The molecule has 0 saturated carbocycles. The van der Waals surface area contributed by atoms with Crippen molar-refractivity contribution >= 4 is 56.1 Å². The molecule has 0 radical (unpaired) electrons. The molecule has 0 aliphatic carbocycles. The molecule has 0 bridgehead atoms. The molecule has 160 valence electrons. The number of hydrogen-bond donors (Lipinski definition) is 2. The molecule has 2 aromatic carbocycles. The zero-order valence-corrected chi connectivity index (χ0v) is 21.3. The van der Waals surface area contributed by atoms with E-state index in [1.165, 1.54) is 0 Å². The fraction of sp³-hybridized carbons (Fsp3) is 0.304. The van der Waals surface area contributed by atoms with Gasteiger partial charge in [-0.1, -0.05) is 19.1 Å². The number of aromatic hydroxyl groups is 1. The lowest BCUT2D eigenvalue weighted by atomic mass is 9.96. The number of ether oxygens (including phenoxy) is 1. The van der Waals surface area contributed by atoms with Crippen LogP contribution in [0.15, 0.2) is 36.4 Å². The largest absolute Gasteiger partial charge is 0.508 e. The van der Waals surface area contributed by atoms with E-state index in [-0.39, 0.29) is 6.23 Å². The smallest absolute Gasteiger partial charge is 0.160 e. The van der Waals surface area contributed by atoms with Crippen LogP contribution in [0.1, 0.15) is 38.0 Å². The molecule has 1 unspecified atom stereocenters. The molecule has 3 heterocycles. The first-order valence-electron chi connectivity index (χ1n) is 10.4. The summed E-state index contributed by atoms with van der Waals surface area (Å²) in [5.74, 6) is 1.08. The Morgan fingerprint density at radius 1 is 1.19 bits per heavy atom. The van der Waals surface area contributed by atoms with Crippen molar-refractivity contribution in [2.24, 2.45) is 0 Å². The van der Waals surface area contributed by atoms with Crippen molar-refractivity contribution in [3.8, 4) is 28.4 Å². The Kier molecular flexibility index (Phi) is 5.95. The minimum absolute atomic E-state index is 0.0705. The van der Waals surface area contributed by atoms with E-state index in [1.807, 2.05) is 16.8 Å². The second-order valence-corrected chi connectivity index (χ2v) is 9.83. The van der Waals surface area contributed by atoms with Gasteiger partial charge in [0, 0.05) is 12.0 Å². The standard InChI is InChI=1S/C23H22I2N4O2/c1-2-13-11-15(30)7-9-16(13)14-6-8-17-18(12-14)29(19-5-3-4-10-31-19)28-20(17)23-26-21(24)22(25)27-23/h6-9,11-12,19,30H,2-5,10H2,1H3,(H,26,27). The maximum absolute atomic E-state index is 9.91. The predicted molar refractivity (Wildman–Crippen MR) is 138 cm³/mol. The van der Waals surface area contributed by atoms with E-state index in [9.17, 15) is 5.11 Å². The van der Waals surface area contributed by atoms with Crippen LogP contribution < -0.4 is 0 Å². The maximum Gasteiger partial charge on any atom is 0.160 e. The normalized spacial score (nSPS) is 16.8. The molecular weight excluding hydrogens is 618 g/mol. The number of nitrogens with zero attached hydrogens (tertiary/aromatic N) is 3. The molecule has 1 aliphatic heterocycles. The zero-order chi connectivity index (χ0) is 21.5. The van der Waals surface area contributed by atoms with Gasteiger partial charge in [-0.15, -0.1) is 0 Å². The van der Waals surface area contributed by atoms with Gasteiger partial charge in [0.15, 0.2) is 12.1 Å². The van der Waals surface area contributed by atoms with Crippen LogP contribution in [0, 0.1) is 7.40 Å². The monoisotopic (exact) mass is 640 g/mol. The number of phenolic OH excluding ortho intramolecular Hbond substituents is 1. The summed E-state index contributed by atoms with van der Waals surface area (Å²) in [6.07, 6.45) is 3.96. The van der Waals surface area contributed by atoms with Crippen LogP contribution in [0.2, 0.25) is 0 Å². The molecule has 0 spiro atoms. The summed E-state index contributed by atoms with van der Waals surface area (Å²) >= 11 is 4.50. The van der Waals surface area contributed by atoms with Crippen molar-refractivity contribution in [1.82, 2.24) is 19.7 Å². The molecule has 31 heavy (non-hydrogen) atoms. The number of rotatable bonds is 4. The summed E-state index contributed by atoms with van der Waals surface area (Å²) in [4.78, 5) is 8.05. The van der Waals surface area contributed by atoms with Gasteiger partial charge in [0.05, 0.1) is 5.52 Å². The van der Waals surface area contributed by atoms with Crippen LogP contribution >= 0.6 is 45.2 Å². The molecule has 1 saturated heterocycles. The van der Waals surface area contributed by atoms with Gasteiger partial charge in [-0.2, -0.15) is 5.10 Å². The van der Waals surface area contributed by atoms with Gasteiger partial charge in [-0.05, 0) is 112 Å². The Morgan fingerprint density at radius 2 is 2.06 bits per heavy atom. The first kappa shape index (κ1) is 21.2. The van der Waals surface area contributed by atoms with E-state index in [0.29, 0.717) is 5.75 Å². The first-order valence-corrected chi connectivity index (χ1v) is 12.6. The summed E-state index contributed by atoms with van der Waals surface area (Å²) in [7, 11) is 0. The highest BCUT2D eigenvalue weighted by molar-refractivity contribution is 14.1. The van der Waals surface area contributed by atoms with E-state index >= 15 is 0 Å². The number of nitrogens with one attached hydrogen (secondary N) is 1. The molecular formula is C23H22I2N4O2. The Morgan fingerprint density at radius 3 is 2.77 bits per heavy atom. The van der Waals surface area contributed by atoms with E-state index < -0.39 is 0 Å². The molecule has 2 N–H and O–H groups in total. The Balaban J connectivity index is 1.70. The van der Waals surface area contributed by atoms with Crippen LogP contribution in [-0.4, -0.2) is 31.5 Å². The van der Waals surface area contributed by atoms with Crippen molar-refractivity contribution in [2.45, 2.75) is 38.8 Å².